The van der Waals surface area contributed by atoms with Crippen molar-refractivity contribution < 1.29 is 9.59 Å². The lowest BCUT2D eigenvalue weighted by Gasteiger charge is -2.31. The number of piperidine rings is 1. The lowest BCUT2D eigenvalue weighted by atomic mass is 10.0. The van der Waals surface area contributed by atoms with Crippen molar-refractivity contribution in [3.05, 3.63) is 33.7 Å². The summed E-state index contributed by atoms with van der Waals surface area (Å²) >= 11 is 1.74. The molecule has 5 heteroatoms. The van der Waals surface area contributed by atoms with Crippen molar-refractivity contribution in [1.29, 1.82) is 0 Å². The van der Waals surface area contributed by atoms with Crippen LogP contribution < -0.4 is 5.32 Å². The standard InChI is InChI=1S/C17H20N2O2S/c1-10-6-7-14(16(20)18-10)19-8-12-13(17(19)21)9-22-15(12)11-4-2-3-5-11/h9,11,14H,1-8H2,(H,18,20). The fourth-order valence-corrected chi connectivity index (χ4v) is 5.21. The fourth-order valence-electron chi connectivity index (χ4n) is 3.98. The second-order valence-electron chi connectivity index (χ2n) is 6.55. The van der Waals surface area contributed by atoms with Gasteiger partial charge in [-0.15, -0.1) is 11.3 Å². The number of carbonyl (C=O) groups excluding carboxylic acids is 2. The maximum atomic E-state index is 12.7. The number of hydrogen-bond acceptors (Lipinski definition) is 3. The van der Waals surface area contributed by atoms with Gasteiger partial charge in [0, 0.05) is 22.5 Å². The first-order valence-electron chi connectivity index (χ1n) is 8.05. The molecule has 1 unspecified atom stereocenters. The summed E-state index contributed by atoms with van der Waals surface area (Å²) in [4.78, 5) is 28.0. The highest BCUT2D eigenvalue weighted by Gasteiger charge is 2.40. The highest BCUT2D eigenvalue weighted by molar-refractivity contribution is 7.10. The van der Waals surface area contributed by atoms with E-state index in [2.05, 4.69) is 11.9 Å². The average molecular weight is 316 g/mol. The molecule has 1 aromatic heterocycles. The third-order valence-corrected chi connectivity index (χ3v) is 6.36. The summed E-state index contributed by atoms with van der Waals surface area (Å²) in [6, 6.07) is -0.341. The van der Waals surface area contributed by atoms with Gasteiger partial charge in [0.2, 0.25) is 5.91 Å². The summed E-state index contributed by atoms with van der Waals surface area (Å²) in [5, 5.41) is 4.80. The largest absolute Gasteiger partial charge is 0.329 e. The van der Waals surface area contributed by atoms with Crippen LogP contribution in [-0.4, -0.2) is 22.8 Å². The number of allylic oxidation sites excluding steroid dienone is 1. The molecule has 2 aliphatic heterocycles. The summed E-state index contributed by atoms with van der Waals surface area (Å²) in [6.45, 7) is 4.41. The molecule has 1 saturated carbocycles. The van der Waals surface area contributed by atoms with Gasteiger partial charge < -0.3 is 10.2 Å². The Kier molecular flexibility index (Phi) is 3.33. The van der Waals surface area contributed by atoms with E-state index in [4.69, 9.17) is 0 Å². The Labute approximate surface area is 134 Å². The minimum atomic E-state index is -0.341. The van der Waals surface area contributed by atoms with Crippen LogP contribution in [0.5, 0.6) is 0 Å². The van der Waals surface area contributed by atoms with Crippen LogP contribution >= 0.6 is 11.3 Å². The maximum Gasteiger partial charge on any atom is 0.256 e. The average Bonchev–Trinajstić information content (AvgIpc) is 3.18. The Morgan fingerprint density at radius 1 is 1.23 bits per heavy atom. The molecule has 3 heterocycles. The van der Waals surface area contributed by atoms with Crippen molar-refractivity contribution in [1.82, 2.24) is 10.2 Å². The van der Waals surface area contributed by atoms with Crippen LogP contribution in [0.3, 0.4) is 0 Å². The Morgan fingerprint density at radius 2 is 2.00 bits per heavy atom. The van der Waals surface area contributed by atoms with Crippen molar-refractivity contribution in [3.8, 4) is 0 Å². The summed E-state index contributed by atoms with van der Waals surface area (Å²) < 4.78 is 0. The van der Waals surface area contributed by atoms with Gasteiger partial charge in [-0.05, 0) is 37.2 Å². The van der Waals surface area contributed by atoms with E-state index in [0.717, 1.165) is 17.7 Å². The zero-order valence-electron chi connectivity index (χ0n) is 12.6. The van der Waals surface area contributed by atoms with Gasteiger partial charge >= 0.3 is 0 Å². The molecular weight excluding hydrogens is 296 g/mol. The van der Waals surface area contributed by atoms with E-state index in [1.165, 1.54) is 36.1 Å². The van der Waals surface area contributed by atoms with Gasteiger partial charge in [0.25, 0.3) is 5.91 Å². The van der Waals surface area contributed by atoms with Gasteiger partial charge in [-0.3, -0.25) is 9.59 Å². The number of nitrogens with zero attached hydrogens (tertiary/aromatic N) is 1. The normalized spacial score (nSPS) is 25.7. The van der Waals surface area contributed by atoms with E-state index in [0.29, 0.717) is 18.9 Å². The van der Waals surface area contributed by atoms with Crippen LogP contribution in [0.15, 0.2) is 17.7 Å². The van der Waals surface area contributed by atoms with Crippen molar-refractivity contribution in [2.24, 2.45) is 0 Å². The number of thiophene rings is 1. The highest BCUT2D eigenvalue weighted by atomic mass is 32.1. The van der Waals surface area contributed by atoms with E-state index in [1.807, 2.05) is 5.38 Å². The highest BCUT2D eigenvalue weighted by Crippen LogP contribution is 2.43. The summed E-state index contributed by atoms with van der Waals surface area (Å²) in [7, 11) is 0. The lowest BCUT2D eigenvalue weighted by molar-refractivity contribution is -0.126. The molecule has 22 heavy (non-hydrogen) atoms. The zero-order valence-corrected chi connectivity index (χ0v) is 13.4. The SMILES string of the molecule is C=C1CCC(N2Cc3c(csc3C3CCCC3)C2=O)C(=O)N1. The topological polar surface area (TPSA) is 49.4 Å². The molecule has 1 aliphatic carbocycles. The van der Waals surface area contributed by atoms with E-state index < -0.39 is 0 Å². The molecular formula is C17H20N2O2S. The van der Waals surface area contributed by atoms with E-state index in [1.54, 1.807) is 16.2 Å². The van der Waals surface area contributed by atoms with E-state index in [9.17, 15) is 9.59 Å². The summed E-state index contributed by atoms with van der Waals surface area (Å²) in [5.74, 6) is 0.575. The number of rotatable bonds is 2. The molecule has 3 aliphatic rings. The van der Waals surface area contributed by atoms with Gasteiger partial charge in [0.05, 0.1) is 5.56 Å². The Bertz CT molecular complexity index is 658. The molecule has 1 saturated heterocycles. The number of amides is 2. The van der Waals surface area contributed by atoms with Crippen LogP contribution in [0.25, 0.3) is 0 Å². The molecule has 0 radical (unpaired) electrons. The van der Waals surface area contributed by atoms with E-state index in [-0.39, 0.29) is 17.9 Å². The van der Waals surface area contributed by atoms with Crippen LogP contribution in [-0.2, 0) is 11.3 Å². The predicted octanol–water partition coefficient (Wildman–Crippen LogP) is 3.15. The minimum Gasteiger partial charge on any atom is -0.329 e. The van der Waals surface area contributed by atoms with Crippen LogP contribution in [0, 0.1) is 0 Å². The second kappa shape index (κ2) is 5.23. The second-order valence-corrected chi connectivity index (χ2v) is 7.47. The number of fused-ring (bicyclic) bond motifs is 1. The molecule has 2 amide bonds. The third kappa shape index (κ3) is 2.10. The molecule has 1 aromatic rings. The summed E-state index contributed by atoms with van der Waals surface area (Å²) in [6.07, 6.45) is 6.51. The number of carbonyl (C=O) groups is 2. The first kappa shape index (κ1) is 14.0. The maximum absolute atomic E-state index is 12.7. The number of hydrogen-bond donors (Lipinski definition) is 1. The van der Waals surface area contributed by atoms with Gasteiger partial charge in [-0.2, -0.15) is 0 Å². The zero-order chi connectivity index (χ0) is 15.3. The lowest BCUT2D eigenvalue weighted by Crippen LogP contribution is -2.49. The van der Waals surface area contributed by atoms with Crippen LogP contribution in [0.1, 0.15) is 65.2 Å². The molecule has 4 nitrogen and oxygen atoms in total. The van der Waals surface area contributed by atoms with Crippen molar-refractivity contribution in [2.45, 2.75) is 57.0 Å². The predicted molar refractivity (Wildman–Crippen MR) is 85.7 cm³/mol. The smallest absolute Gasteiger partial charge is 0.256 e. The quantitative estimate of drug-likeness (QED) is 0.911. The van der Waals surface area contributed by atoms with Crippen molar-refractivity contribution in [3.63, 3.8) is 0 Å². The first-order valence-corrected chi connectivity index (χ1v) is 8.93. The molecule has 1 atom stereocenters. The molecule has 1 N–H and O–H groups in total. The van der Waals surface area contributed by atoms with Crippen LogP contribution in [0.2, 0.25) is 0 Å². The fraction of sp³-hybridized carbons (Fsp3) is 0.529. The Morgan fingerprint density at radius 3 is 2.73 bits per heavy atom. The van der Waals surface area contributed by atoms with E-state index >= 15 is 0 Å². The van der Waals surface area contributed by atoms with Gasteiger partial charge in [-0.25, -0.2) is 0 Å². The number of nitrogens with one attached hydrogen (secondary N) is 1. The van der Waals surface area contributed by atoms with Gasteiger partial charge in [0.1, 0.15) is 6.04 Å². The van der Waals surface area contributed by atoms with Crippen molar-refractivity contribution >= 4 is 23.2 Å². The van der Waals surface area contributed by atoms with Gasteiger partial charge in [-0.1, -0.05) is 19.4 Å². The molecule has 2 fully saturated rings. The molecule has 0 bridgehead atoms. The van der Waals surface area contributed by atoms with Crippen LogP contribution in [0.4, 0.5) is 0 Å². The Hall–Kier alpha value is -1.62. The third-order valence-electron chi connectivity index (χ3n) is 5.17. The van der Waals surface area contributed by atoms with Gasteiger partial charge in [0.15, 0.2) is 0 Å². The van der Waals surface area contributed by atoms with Crippen molar-refractivity contribution in [2.75, 3.05) is 0 Å². The first-order chi connectivity index (χ1) is 10.6. The Balaban J connectivity index is 1.59. The monoisotopic (exact) mass is 316 g/mol. The molecule has 0 spiro atoms. The molecule has 4 rings (SSSR count). The summed E-state index contributed by atoms with van der Waals surface area (Å²) in [5.41, 5.74) is 2.79. The molecule has 0 aromatic carbocycles. The minimum absolute atomic E-state index is 0.0307. The molecule has 116 valence electrons.